The molecule has 0 amide bonds. The second kappa shape index (κ2) is 5.91. The van der Waals surface area contributed by atoms with Gasteiger partial charge in [-0.2, -0.15) is 0 Å². The summed E-state index contributed by atoms with van der Waals surface area (Å²) >= 11 is 0. The Hall–Kier alpha value is -0.830. The summed E-state index contributed by atoms with van der Waals surface area (Å²) < 4.78 is 5.11. The molecule has 1 aliphatic heterocycles. The molecule has 86 valence electrons. The lowest BCUT2D eigenvalue weighted by Gasteiger charge is -2.21. The van der Waals surface area contributed by atoms with Gasteiger partial charge < -0.3 is 9.84 Å². The van der Waals surface area contributed by atoms with Gasteiger partial charge in [0.1, 0.15) is 6.10 Å². The van der Waals surface area contributed by atoms with Crippen LogP contribution in [0.3, 0.4) is 0 Å². The number of ether oxygens (including phenoxy) is 1. The monoisotopic (exact) mass is 212 g/mol. The van der Waals surface area contributed by atoms with Crippen LogP contribution >= 0.6 is 0 Å². The van der Waals surface area contributed by atoms with Gasteiger partial charge in [0.15, 0.2) is 5.78 Å². The summed E-state index contributed by atoms with van der Waals surface area (Å²) in [6, 6.07) is 0. The number of carbonyl (C=O) groups is 1. The van der Waals surface area contributed by atoms with E-state index in [2.05, 4.69) is 0 Å². The molecule has 1 atom stereocenters. The summed E-state index contributed by atoms with van der Waals surface area (Å²) in [6.45, 7) is 4.67. The summed E-state index contributed by atoms with van der Waals surface area (Å²) in [5.41, 5.74) is 0.639. The number of Topliss-reactive ketones (excluding diaryl/α,β-unsaturated/α-hetero) is 1. The highest BCUT2D eigenvalue weighted by molar-refractivity contribution is 5.98. The maximum Gasteiger partial charge on any atom is 0.190 e. The molecule has 0 fully saturated rings. The topological polar surface area (TPSA) is 46.5 Å². The number of aliphatic hydroxyl groups is 1. The molecule has 1 heterocycles. The predicted molar refractivity (Wildman–Crippen MR) is 58.4 cm³/mol. The summed E-state index contributed by atoms with van der Waals surface area (Å²) in [4.78, 5) is 11.9. The van der Waals surface area contributed by atoms with Gasteiger partial charge >= 0.3 is 0 Å². The third-order valence-corrected chi connectivity index (χ3v) is 3.01. The Morgan fingerprint density at radius 3 is 2.67 bits per heavy atom. The zero-order valence-electron chi connectivity index (χ0n) is 9.53. The van der Waals surface area contributed by atoms with Gasteiger partial charge in [0, 0.05) is 5.57 Å². The Morgan fingerprint density at radius 1 is 1.53 bits per heavy atom. The maximum absolute atomic E-state index is 11.9. The van der Waals surface area contributed by atoms with Crippen LogP contribution in [0, 0.1) is 5.92 Å². The van der Waals surface area contributed by atoms with E-state index in [1.807, 2.05) is 13.8 Å². The first-order chi connectivity index (χ1) is 7.20. The van der Waals surface area contributed by atoms with Gasteiger partial charge in [-0.15, -0.1) is 0 Å². The van der Waals surface area contributed by atoms with Crippen LogP contribution in [-0.4, -0.2) is 23.6 Å². The first-order valence-corrected chi connectivity index (χ1v) is 5.73. The Kier molecular flexibility index (Phi) is 4.82. The van der Waals surface area contributed by atoms with Crippen LogP contribution in [0.25, 0.3) is 0 Å². The third kappa shape index (κ3) is 3.06. The molecule has 0 saturated heterocycles. The molecule has 0 aliphatic carbocycles. The third-order valence-electron chi connectivity index (χ3n) is 3.01. The first kappa shape index (κ1) is 12.2. The molecule has 0 saturated carbocycles. The fourth-order valence-electron chi connectivity index (χ4n) is 1.88. The van der Waals surface area contributed by atoms with Gasteiger partial charge in [0.2, 0.25) is 0 Å². The predicted octanol–water partition coefficient (Wildman–Crippen LogP) is 2.05. The molecule has 1 unspecified atom stereocenters. The average molecular weight is 212 g/mol. The van der Waals surface area contributed by atoms with Crippen LogP contribution in [0.5, 0.6) is 0 Å². The van der Waals surface area contributed by atoms with Crippen LogP contribution in [0.15, 0.2) is 11.8 Å². The number of ketones is 1. The molecule has 0 radical (unpaired) electrons. The van der Waals surface area contributed by atoms with Gasteiger partial charge in [-0.3, -0.25) is 4.79 Å². The van der Waals surface area contributed by atoms with Gasteiger partial charge in [0.05, 0.1) is 12.9 Å². The maximum atomic E-state index is 11.9. The van der Waals surface area contributed by atoms with Crippen molar-refractivity contribution in [3.8, 4) is 0 Å². The minimum atomic E-state index is -0.854. The molecule has 0 bridgehead atoms. The van der Waals surface area contributed by atoms with Crippen molar-refractivity contribution in [2.24, 2.45) is 5.92 Å². The van der Waals surface area contributed by atoms with E-state index in [-0.39, 0.29) is 11.7 Å². The SMILES string of the molecule is CCC(CC)C(O)C(=O)C1=COCCC1. The van der Waals surface area contributed by atoms with E-state index in [9.17, 15) is 9.90 Å². The fraction of sp³-hybridized carbons (Fsp3) is 0.750. The second-order valence-electron chi connectivity index (χ2n) is 4.00. The van der Waals surface area contributed by atoms with E-state index < -0.39 is 6.10 Å². The summed E-state index contributed by atoms with van der Waals surface area (Å²) in [5.74, 6) is -0.0799. The lowest BCUT2D eigenvalue weighted by molar-refractivity contribution is -0.126. The van der Waals surface area contributed by atoms with Crippen molar-refractivity contribution in [1.82, 2.24) is 0 Å². The highest BCUT2D eigenvalue weighted by atomic mass is 16.5. The van der Waals surface area contributed by atoms with E-state index in [4.69, 9.17) is 4.74 Å². The van der Waals surface area contributed by atoms with E-state index in [0.717, 1.165) is 25.7 Å². The van der Waals surface area contributed by atoms with Crippen molar-refractivity contribution in [2.75, 3.05) is 6.61 Å². The minimum absolute atomic E-state index is 0.0697. The molecule has 0 spiro atoms. The molecule has 15 heavy (non-hydrogen) atoms. The number of carbonyl (C=O) groups excluding carboxylic acids is 1. The smallest absolute Gasteiger partial charge is 0.190 e. The van der Waals surface area contributed by atoms with Gasteiger partial charge in [-0.05, 0) is 18.8 Å². The standard InChI is InChI=1S/C12H20O3/c1-3-9(4-2)11(13)12(14)10-6-5-7-15-8-10/h8-9,11,13H,3-7H2,1-2H3. The Morgan fingerprint density at radius 2 is 2.20 bits per heavy atom. The van der Waals surface area contributed by atoms with Gasteiger partial charge in [-0.1, -0.05) is 26.7 Å². The molecule has 1 N–H and O–H groups in total. The highest BCUT2D eigenvalue weighted by Crippen LogP contribution is 2.20. The molecule has 3 nitrogen and oxygen atoms in total. The van der Waals surface area contributed by atoms with E-state index in [1.165, 1.54) is 6.26 Å². The van der Waals surface area contributed by atoms with Crippen LogP contribution in [0.4, 0.5) is 0 Å². The summed E-state index contributed by atoms with van der Waals surface area (Å²) in [5, 5.41) is 9.88. The number of hydrogen-bond acceptors (Lipinski definition) is 3. The lowest BCUT2D eigenvalue weighted by atomic mass is 9.89. The van der Waals surface area contributed by atoms with E-state index in [1.54, 1.807) is 0 Å². The van der Waals surface area contributed by atoms with Crippen molar-refractivity contribution < 1.29 is 14.6 Å². The zero-order valence-corrected chi connectivity index (χ0v) is 9.53. The Bertz CT molecular complexity index is 241. The molecule has 0 aromatic carbocycles. The van der Waals surface area contributed by atoms with Crippen LogP contribution in [0.1, 0.15) is 39.5 Å². The van der Waals surface area contributed by atoms with Crippen molar-refractivity contribution >= 4 is 5.78 Å². The summed E-state index contributed by atoms with van der Waals surface area (Å²) in [6.07, 6.45) is 3.92. The number of hydrogen-bond donors (Lipinski definition) is 1. The molecular weight excluding hydrogens is 192 g/mol. The lowest BCUT2D eigenvalue weighted by Crippen LogP contribution is -2.31. The van der Waals surface area contributed by atoms with Crippen molar-refractivity contribution in [3.05, 3.63) is 11.8 Å². The second-order valence-corrected chi connectivity index (χ2v) is 4.00. The molecule has 3 heteroatoms. The Balaban J connectivity index is 2.62. The highest BCUT2D eigenvalue weighted by Gasteiger charge is 2.26. The number of rotatable bonds is 5. The largest absolute Gasteiger partial charge is 0.501 e. The summed E-state index contributed by atoms with van der Waals surface area (Å²) in [7, 11) is 0. The van der Waals surface area contributed by atoms with Crippen LogP contribution in [0.2, 0.25) is 0 Å². The zero-order chi connectivity index (χ0) is 11.3. The quantitative estimate of drug-likeness (QED) is 0.758. The van der Waals surface area contributed by atoms with Gasteiger partial charge in [-0.25, -0.2) is 0 Å². The van der Waals surface area contributed by atoms with Crippen LogP contribution < -0.4 is 0 Å². The first-order valence-electron chi connectivity index (χ1n) is 5.73. The van der Waals surface area contributed by atoms with Gasteiger partial charge in [0.25, 0.3) is 0 Å². The average Bonchev–Trinajstić information content (AvgIpc) is 2.30. The minimum Gasteiger partial charge on any atom is -0.501 e. The van der Waals surface area contributed by atoms with Crippen molar-refractivity contribution in [2.45, 2.75) is 45.6 Å². The Labute approximate surface area is 91.1 Å². The van der Waals surface area contributed by atoms with Crippen molar-refractivity contribution in [3.63, 3.8) is 0 Å². The molecule has 1 aliphatic rings. The molecule has 0 aromatic rings. The van der Waals surface area contributed by atoms with E-state index >= 15 is 0 Å². The van der Waals surface area contributed by atoms with Crippen molar-refractivity contribution in [1.29, 1.82) is 0 Å². The number of aliphatic hydroxyl groups excluding tert-OH is 1. The normalized spacial score (nSPS) is 18.3. The molecular formula is C12H20O3. The fourth-order valence-corrected chi connectivity index (χ4v) is 1.88. The molecule has 0 aromatic heterocycles. The molecule has 1 rings (SSSR count). The van der Waals surface area contributed by atoms with Crippen LogP contribution in [-0.2, 0) is 9.53 Å². The van der Waals surface area contributed by atoms with E-state index in [0.29, 0.717) is 12.2 Å².